The van der Waals surface area contributed by atoms with Gasteiger partial charge in [-0.3, -0.25) is 9.69 Å². The maximum absolute atomic E-state index is 12.0. The van der Waals surface area contributed by atoms with Gasteiger partial charge in [0.05, 0.1) is 0 Å². The summed E-state index contributed by atoms with van der Waals surface area (Å²) in [6.45, 7) is 8.47. The van der Waals surface area contributed by atoms with E-state index in [0.29, 0.717) is 5.91 Å². The third-order valence-electron chi connectivity index (χ3n) is 4.92. The Morgan fingerprint density at radius 3 is 2.16 bits per heavy atom. The van der Waals surface area contributed by atoms with Crippen molar-refractivity contribution in [2.24, 2.45) is 11.7 Å². The molecular weight excluding hydrogens is 238 g/mol. The summed E-state index contributed by atoms with van der Waals surface area (Å²) in [4.78, 5) is 16.6. The van der Waals surface area contributed by atoms with Crippen LogP contribution in [0.25, 0.3) is 0 Å². The molecule has 0 aromatic heterocycles. The number of amides is 1. The summed E-state index contributed by atoms with van der Waals surface area (Å²) in [5.41, 5.74) is 6.32. The Hall–Kier alpha value is -0.610. The summed E-state index contributed by atoms with van der Waals surface area (Å²) in [6.07, 6.45) is 6.45. The summed E-state index contributed by atoms with van der Waals surface area (Å²) in [6, 6.07) is 0. The molecule has 1 amide bonds. The van der Waals surface area contributed by atoms with Crippen molar-refractivity contribution in [3.8, 4) is 0 Å². The van der Waals surface area contributed by atoms with E-state index < -0.39 is 0 Å². The summed E-state index contributed by atoms with van der Waals surface area (Å²) in [5, 5.41) is 0. The lowest BCUT2D eigenvalue weighted by Crippen LogP contribution is -2.61. The summed E-state index contributed by atoms with van der Waals surface area (Å²) in [7, 11) is 0. The van der Waals surface area contributed by atoms with Crippen LogP contribution in [0.5, 0.6) is 0 Å². The van der Waals surface area contributed by atoms with Crippen LogP contribution in [0, 0.1) is 5.92 Å². The minimum Gasteiger partial charge on any atom is -0.340 e. The molecule has 1 saturated heterocycles. The van der Waals surface area contributed by atoms with Crippen molar-refractivity contribution in [3.63, 3.8) is 0 Å². The van der Waals surface area contributed by atoms with E-state index in [-0.39, 0.29) is 11.5 Å². The molecule has 2 rings (SSSR count). The van der Waals surface area contributed by atoms with Gasteiger partial charge in [-0.25, -0.2) is 0 Å². The highest BCUT2D eigenvalue weighted by atomic mass is 16.2. The molecule has 2 aliphatic rings. The maximum atomic E-state index is 12.0. The van der Waals surface area contributed by atoms with Crippen LogP contribution >= 0.6 is 0 Å². The highest BCUT2D eigenvalue weighted by Crippen LogP contribution is 2.33. The van der Waals surface area contributed by atoms with Crippen LogP contribution < -0.4 is 5.73 Å². The lowest BCUT2D eigenvalue weighted by atomic mass is 9.80. The molecule has 0 aromatic carbocycles. The smallest absolute Gasteiger partial charge is 0.225 e. The summed E-state index contributed by atoms with van der Waals surface area (Å²) in [5.74, 6) is 0.412. The molecular formula is C15H29N3O. The topological polar surface area (TPSA) is 49.6 Å². The van der Waals surface area contributed by atoms with Gasteiger partial charge in [-0.2, -0.15) is 0 Å². The number of nitrogens with two attached hydrogens (primary N) is 1. The fraction of sp³-hybridized carbons (Fsp3) is 0.933. The van der Waals surface area contributed by atoms with Gasteiger partial charge in [0.1, 0.15) is 0 Å². The molecule has 1 aliphatic heterocycles. The Morgan fingerprint density at radius 2 is 1.68 bits per heavy atom. The van der Waals surface area contributed by atoms with Crippen LogP contribution in [0.2, 0.25) is 0 Å². The number of hydrogen-bond acceptors (Lipinski definition) is 3. The zero-order chi connectivity index (χ0) is 13.9. The summed E-state index contributed by atoms with van der Waals surface area (Å²) < 4.78 is 0. The molecule has 1 aliphatic carbocycles. The van der Waals surface area contributed by atoms with E-state index in [4.69, 9.17) is 5.73 Å². The molecule has 4 heteroatoms. The van der Waals surface area contributed by atoms with E-state index in [9.17, 15) is 4.79 Å². The highest BCUT2D eigenvalue weighted by molar-refractivity contribution is 5.78. The van der Waals surface area contributed by atoms with E-state index in [1.807, 2.05) is 18.7 Å². The molecule has 0 aromatic rings. The van der Waals surface area contributed by atoms with Gasteiger partial charge in [-0.15, -0.1) is 0 Å². The molecule has 1 saturated carbocycles. The maximum Gasteiger partial charge on any atom is 0.225 e. The fourth-order valence-electron chi connectivity index (χ4n) is 3.63. The van der Waals surface area contributed by atoms with Crippen LogP contribution in [0.4, 0.5) is 0 Å². The van der Waals surface area contributed by atoms with Gasteiger partial charge in [0.2, 0.25) is 5.91 Å². The van der Waals surface area contributed by atoms with Gasteiger partial charge >= 0.3 is 0 Å². The van der Waals surface area contributed by atoms with Crippen molar-refractivity contribution < 1.29 is 4.79 Å². The second-order valence-electron chi connectivity index (χ2n) is 6.46. The highest BCUT2D eigenvalue weighted by Gasteiger charge is 2.38. The van der Waals surface area contributed by atoms with Crippen molar-refractivity contribution in [2.75, 3.05) is 32.7 Å². The molecule has 2 fully saturated rings. The van der Waals surface area contributed by atoms with E-state index in [1.165, 1.54) is 32.1 Å². The van der Waals surface area contributed by atoms with Gasteiger partial charge in [0, 0.05) is 44.2 Å². The average Bonchev–Trinajstić information content (AvgIpc) is 2.47. The largest absolute Gasteiger partial charge is 0.340 e. The van der Waals surface area contributed by atoms with Crippen molar-refractivity contribution in [1.82, 2.24) is 9.80 Å². The number of piperazine rings is 1. The number of carbonyl (C=O) groups is 1. The molecule has 0 atom stereocenters. The molecule has 2 N–H and O–H groups in total. The van der Waals surface area contributed by atoms with Crippen LogP contribution in [-0.4, -0.2) is 54.0 Å². The molecule has 0 bridgehead atoms. The standard InChI is InChI=1S/C15H29N3O/c1-13(2)14(19)17-8-10-18(11-9-17)15(12-16)6-4-3-5-7-15/h13H,3-12,16H2,1-2H3. The molecule has 0 unspecified atom stereocenters. The first-order valence-electron chi connectivity index (χ1n) is 7.83. The normalized spacial score (nSPS) is 24.7. The molecule has 19 heavy (non-hydrogen) atoms. The van der Waals surface area contributed by atoms with Crippen LogP contribution in [0.3, 0.4) is 0 Å². The second kappa shape index (κ2) is 6.23. The van der Waals surface area contributed by atoms with Crippen molar-refractivity contribution in [1.29, 1.82) is 0 Å². The van der Waals surface area contributed by atoms with Crippen molar-refractivity contribution in [3.05, 3.63) is 0 Å². The Bertz CT molecular complexity index is 303. The minimum absolute atomic E-state index is 0.115. The zero-order valence-electron chi connectivity index (χ0n) is 12.5. The number of hydrogen-bond donors (Lipinski definition) is 1. The predicted octanol–water partition coefficient (Wildman–Crippen LogP) is 1.45. The summed E-state index contributed by atoms with van der Waals surface area (Å²) >= 11 is 0. The molecule has 110 valence electrons. The Morgan fingerprint density at radius 1 is 1.11 bits per heavy atom. The zero-order valence-corrected chi connectivity index (χ0v) is 12.5. The second-order valence-corrected chi connectivity index (χ2v) is 6.46. The van der Waals surface area contributed by atoms with E-state index in [0.717, 1.165) is 32.7 Å². The monoisotopic (exact) mass is 267 g/mol. The Kier molecular flexibility index (Phi) is 4.85. The SMILES string of the molecule is CC(C)C(=O)N1CCN(C2(CN)CCCCC2)CC1. The van der Waals surface area contributed by atoms with Crippen molar-refractivity contribution in [2.45, 2.75) is 51.5 Å². The molecule has 0 radical (unpaired) electrons. The fourth-order valence-corrected chi connectivity index (χ4v) is 3.63. The average molecular weight is 267 g/mol. The van der Waals surface area contributed by atoms with Gasteiger partial charge in [0.15, 0.2) is 0 Å². The van der Waals surface area contributed by atoms with Crippen molar-refractivity contribution >= 4 is 5.91 Å². The van der Waals surface area contributed by atoms with E-state index >= 15 is 0 Å². The van der Waals surface area contributed by atoms with Crippen LogP contribution in [-0.2, 0) is 4.79 Å². The Labute approximate surface area is 117 Å². The number of nitrogens with zero attached hydrogens (tertiary/aromatic N) is 2. The first-order chi connectivity index (χ1) is 9.09. The minimum atomic E-state index is 0.115. The van der Waals surface area contributed by atoms with E-state index in [2.05, 4.69) is 4.90 Å². The number of rotatable bonds is 3. The Balaban J connectivity index is 1.93. The van der Waals surface area contributed by atoms with Crippen LogP contribution in [0.15, 0.2) is 0 Å². The van der Waals surface area contributed by atoms with Gasteiger partial charge in [-0.05, 0) is 12.8 Å². The molecule has 1 heterocycles. The lowest BCUT2D eigenvalue weighted by molar-refractivity contribution is -0.137. The number of carbonyl (C=O) groups excluding carboxylic acids is 1. The van der Waals surface area contributed by atoms with Gasteiger partial charge < -0.3 is 10.6 Å². The van der Waals surface area contributed by atoms with Crippen LogP contribution in [0.1, 0.15) is 46.0 Å². The third-order valence-corrected chi connectivity index (χ3v) is 4.92. The quantitative estimate of drug-likeness (QED) is 0.842. The third kappa shape index (κ3) is 3.11. The van der Waals surface area contributed by atoms with Gasteiger partial charge in [-0.1, -0.05) is 33.1 Å². The first kappa shape index (κ1) is 14.8. The van der Waals surface area contributed by atoms with E-state index in [1.54, 1.807) is 0 Å². The lowest BCUT2D eigenvalue weighted by Gasteiger charge is -2.49. The molecule has 0 spiro atoms. The van der Waals surface area contributed by atoms with Gasteiger partial charge in [0.25, 0.3) is 0 Å². The first-order valence-corrected chi connectivity index (χ1v) is 7.83. The predicted molar refractivity (Wildman–Crippen MR) is 77.9 cm³/mol. The molecule has 4 nitrogen and oxygen atoms in total.